The number of aromatic nitrogens is 1. The van der Waals surface area contributed by atoms with Crippen LogP contribution in [-0.2, 0) is 6.54 Å². The summed E-state index contributed by atoms with van der Waals surface area (Å²) in [4.78, 5) is 0. The number of hydrogen-bond acceptors (Lipinski definition) is 3. The normalized spacial score (nSPS) is 10.7. The van der Waals surface area contributed by atoms with Crippen molar-refractivity contribution in [1.82, 2.24) is 10.5 Å². The molecule has 0 aliphatic heterocycles. The van der Waals surface area contributed by atoms with Gasteiger partial charge in [-0.2, -0.15) is 0 Å². The minimum Gasteiger partial charge on any atom is -0.356 e. The Morgan fingerprint density at radius 2 is 2.12 bits per heavy atom. The fraction of sp³-hybridized carbons (Fsp3) is 0.182. The fourth-order valence-corrected chi connectivity index (χ4v) is 1.39. The summed E-state index contributed by atoms with van der Waals surface area (Å²) in [6.45, 7) is 0.514. The second-order valence-electron chi connectivity index (χ2n) is 3.34. The van der Waals surface area contributed by atoms with Crippen LogP contribution in [0.3, 0.4) is 0 Å². The summed E-state index contributed by atoms with van der Waals surface area (Å²) in [6.07, 6.45) is 0. The maximum atomic E-state index is 13.4. The lowest BCUT2D eigenvalue weighted by Crippen LogP contribution is -2.04. The average Bonchev–Trinajstić information content (AvgIpc) is 2.71. The van der Waals surface area contributed by atoms with E-state index in [1.165, 1.54) is 0 Å². The van der Waals surface area contributed by atoms with E-state index in [1.54, 1.807) is 13.1 Å². The smallest absolute Gasteiger partial charge is 0.170 e. The van der Waals surface area contributed by atoms with Crippen molar-refractivity contribution in [3.63, 3.8) is 0 Å². The Morgan fingerprint density at radius 3 is 2.88 bits per heavy atom. The Hall–Kier alpha value is -1.75. The topological polar surface area (TPSA) is 38.1 Å². The zero-order valence-electron chi connectivity index (χ0n) is 8.63. The number of nitrogens with one attached hydrogen (secondary N) is 1. The molecule has 3 nitrogen and oxygen atoms in total. The Bertz CT molecular complexity index is 496. The largest absolute Gasteiger partial charge is 0.356 e. The molecule has 0 aliphatic rings. The molecule has 1 aromatic carbocycles. The van der Waals surface area contributed by atoms with Crippen LogP contribution in [0, 0.1) is 11.6 Å². The van der Waals surface area contributed by atoms with Crippen molar-refractivity contribution in [2.45, 2.75) is 6.54 Å². The highest BCUT2D eigenvalue weighted by Crippen LogP contribution is 2.24. The van der Waals surface area contributed by atoms with Gasteiger partial charge in [0.2, 0.25) is 0 Å². The lowest BCUT2D eigenvalue weighted by atomic mass is 10.1. The van der Waals surface area contributed by atoms with Gasteiger partial charge >= 0.3 is 0 Å². The van der Waals surface area contributed by atoms with E-state index in [2.05, 4.69) is 10.5 Å². The first kappa shape index (κ1) is 10.8. The van der Waals surface area contributed by atoms with Crippen molar-refractivity contribution in [2.75, 3.05) is 7.05 Å². The molecule has 0 atom stereocenters. The van der Waals surface area contributed by atoms with Gasteiger partial charge in [0.05, 0.1) is 11.3 Å². The number of rotatable bonds is 3. The van der Waals surface area contributed by atoms with Gasteiger partial charge in [-0.3, -0.25) is 0 Å². The van der Waals surface area contributed by atoms with E-state index in [1.807, 2.05) is 0 Å². The monoisotopic (exact) mass is 224 g/mol. The summed E-state index contributed by atoms with van der Waals surface area (Å²) in [5.74, 6) is -0.821. The lowest BCUT2D eigenvalue weighted by Gasteiger charge is -1.97. The van der Waals surface area contributed by atoms with Gasteiger partial charge in [0, 0.05) is 12.6 Å². The van der Waals surface area contributed by atoms with Crippen LogP contribution in [0.4, 0.5) is 8.78 Å². The molecule has 0 saturated carbocycles. The van der Waals surface area contributed by atoms with Gasteiger partial charge in [0.25, 0.3) is 0 Å². The van der Waals surface area contributed by atoms with E-state index in [0.717, 1.165) is 18.2 Å². The number of benzene rings is 1. The second kappa shape index (κ2) is 4.40. The first-order valence-corrected chi connectivity index (χ1v) is 4.76. The summed E-state index contributed by atoms with van der Waals surface area (Å²) in [6, 6.07) is 4.78. The molecule has 0 aliphatic carbocycles. The van der Waals surface area contributed by atoms with Crippen LogP contribution in [0.1, 0.15) is 5.69 Å². The summed E-state index contributed by atoms with van der Waals surface area (Å²) in [5.41, 5.74) is 0.719. The van der Waals surface area contributed by atoms with E-state index in [-0.39, 0.29) is 11.3 Å². The highest BCUT2D eigenvalue weighted by molar-refractivity contribution is 5.58. The van der Waals surface area contributed by atoms with Crippen molar-refractivity contribution < 1.29 is 13.3 Å². The van der Waals surface area contributed by atoms with Gasteiger partial charge in [-0.25, -0.2) is 8.78 Å². The first-order chi connectivity index (χ1) is 7.70. The predicted molar refractivity (Wildman–Crippen MR) is 54.6 cm³/mol. The molecular weight excluding hydrogens is 214 g/mol. The molecule has 0 radical (unpaired) electrons. The number of halogens is 2. The third-order valence-electron chi connectivity index (χ3n) is 2.11. The van der Waals surface area contributed by atoms with E-state index in [0.29, 0.717) is 12.2 Å². The predicted octanol–water partition coefficient (Wildman–Crippen LogP) is 2.34. The van der Waals surface area contributed by atoms with Crippen LogP contribution in [0.25, 0.3) is 11.3 Å². The molecule has 16 heavy (non-hydrogen) atoms. The van der Waals surface area contributed by atoms with Crippen molar-refractivity contribution in [3.05, 3.63) is 41.6 Å². The molecule has 5 heteroatoms. The van der Waals surface area contributed by atoms with Crippen molar-refractivity contribution >= 4 is 0 Å². The standard InChI is InChI=1S/C11H10F2N2O/c1-14-6-8-5-11(16-15-8)9-4-7(12)2-3-10(9)13/h2-5,14H,6H2,1H3. The van der Waals surface area contributed by atoms with E-state index >= 15 is 0 Å². The van der Waals surface area contributed by atoms with Gasteiger partial charge in [-0.1, -0.05) is 5.16 Å². The second-order valence-corrected chi connectivity index (χ2v) is 3.34. The van der Waals surface area contributed by atoms with Gasteiger partial charge in [-0.15, -0.1) is 0 Å². The first-order valence-electron chi connectivity index (χ1n) is 4.76. The van der Waals surface area contributed by atoms with Crippen LogP contribution in [0.2, 0.25) is 0 Å². The molecule has 0 amide bonds. The van der Waals surface area contributed by atoms with Crippen LogP contribution >= 0.6 is 0 Å². The van der Waals surface area contributed by atoms with Crippen LogP contribution in [0.15, 0.2) is 28.8 Å². The highest BCUT2D eigenvalue weighted by atomic mass is 19.1. The fourth-order valence-electron chi connectivity index (χ4n) is 1.39. The van der Waals surface area contributed by atoms with Gasteiger partial charge in [0.1, 0.15) is 11.6 Å². The van der Waals surface area contributed by atoms with Crippen molar-refractivity contribution in [2.24, 2.45) is 0 Å². The third kappa shape index (κ3) is 2.09. The summed E-state index contributed by atoms with van der Waals surface area (Å²) in [5, 5.41) is 6.61. The van der Waals surface area contributed by atoms with E-state index in [4.69, 9.17) is 4.52 Å². The molecular formula is C11H10F2N2O. The Balaban J connectivity index is 2.38. The summed E-state index contributed by atoms with van der Waals surface area (Å²) < 4.78 is 31.3. The molecule has 1 heterocycles. The molecule has 0 bridgehead atoms. The van der Waals surface area contributed by atoms with Gasteiger partial charge in [0.15, 0.2) is 5.76 Å². The Labute approximate surface area is 91.1 Å². The number of hydrogen-bond donors (Lipinski definition) is 1. The van der Waals surface area contributed by atoms with Crippen molar-refractivity contribution in [3.8, 4) is 11.3 Å². The Kier molecular flexibility index (Phi) is 2.96. The van der Waals surface area contributed by atoms with Crippen LogP contribution < -0.4 is 5.32 Å². The third-order valence-corrected chi connectivity index (χ3v) is 2.11. The van der Waals surface area contributed by atoms with Gasteiger partial charge in [-0.05, 0) is 25.2 Å². The maximum absolute atomic E-state index is 13.4. The lowest BCUT2D eigenvalue weighted by molar-refractivity contribution is 0.419. The highest BCUT2D eigenvalue weighted by Gasteiger charge is 2.11. The van der Waals surface area contributed by atoms with E-state index in [9.17, 15) is 8.78 Å². The molecule has 1 N–H and O–H groups in total. The maximum Gasteiger partial charge on any atom is 0.170 e. The zero-order valence-corrected chi connectivity index (χ0v) is 8.63. The van der Waals surface area contributed by atoms with Crippen LogP contribution in [-0.4, -0.2) is 12.2 Å². The molecule has 0 saturated heterocycles. The summed E-state index contributed by atoms with van der Waals surface area (Å²) >= 11 is 0. The molecule has 0 fully saturated rings. The molecule has 2 aromatic rings. The Morgan fingerprint density at radius 1 is 1.31 bits per heavy atom. The van der Waals surface area contributed by atoms with Crippen molar-refractivity contribution in [1.29, 1.82) is 0 Å². The van der Waals surface area contributed by atoms with Gasteiger partial charge < -0.3 is 9.84 Å². The minimum atomic E-state index is -0.534. The summed E-state index contributed by atoms with van der Waals surface area (Å²) in [7, 11) is 1.76. The molecule has 1 aromatic heterocycles. The molecule has 2 rings (SSSR count). The molecule has 84 valence electrons. The average molecular weight is 224 g/mol. The number of nitrogens with zero attached hydrogens (tertiary/aromatic N) is 1. The molecule has 0 spiro atoms. The zero-order chi connectivity index (χ0) is 11.5. The van der Waals surface area contributed by atoms with E-state index < -0.39 is 11.6 Å². The molecule has 0 unspecified atom stereocenters. The van der Waals surface area contributed by atoms with Crippen LogP contribution in [0.5, 0.6) is 0 Å². The SMILES string of the molecule is CNCc1cc(-c2cc(F)ccc2F)on1. The minimum absolute atomic E-state index is 0.0786. The quantitative estimate of drug-likeness (QED) is 0.869.